The number of benzene rings is 1. The van der Waals surface area contributed by atoms with Gasteiger partial charge in [0.25, 0.3) is 0 Å². The molecule has 0 saturated heterocycles. The molecule has 1 unspecified atom stereocenters. The lowest BCUT2D eigenvalue weighted by Crippen LogP contribution is -2.33. The molecule has 1 atom stereocenters. The number of hydrogen-bond donors (Lipinski definition) is 3. The monoisotopic (exact) mass is 273 g/mol. The lowest BCUT2D eigenvalue weighted by atomic mass is 9.91. The smallest absolute Gasteiger partial charge is 0.314 e. The quantitative estimate of drug-likeness (QED) is 0.742. The van der Waals surface area contributed by atoms with E-state index in [1.165, 1.54) is 16.5 Å². The Bertz CT molecular complexity index is 562. The van der Waals surface area contributed by atoms with E-state index in [4.69, 9.17) is 0 Å². The van der Waals surface area contributed by atoms with Crippen LogP contribution in [0.5, 0.6) is 0 Å². The van der Waals surface area contributed by atoms with Gasteiger partial charge in [0.15, 0.2) is 0 Å². The van der Waals surface area contributed by atoms with Crippen LogP contribution in [0.1, 0.15) is 37.7 Å². The largest absolute Gasteiger partial charge is 0.361 e. The predicted molar refractivity (Wildman–Crippen MR) is 83.0 cm³/mol. The van der Waals surface area contributed by atoms with Crippen molar-refractivity contribution in [3.63, 3.8) is 0 Å². The summed E-state index contributed by atoms with van der Waals surface area (Å²) in [6.45, 7) is 2.90. The second-order valence-corrected chi connectivity index (χ2v) is 5.07. The van der Waals surface area contributed by atoms with Gasteiger partial charge in [0, 0.05) is 30.7 Å². The van der Waals surface area contributed by atoms with Gasteiger partial charge in [-0.05, 0) is 30.4 Å². The molecule has 0 saturated carbocycles. The first kappa shape index (κ1) is 14.4. The highest BCUT2D eigenvalue weighted by atomic mass is 16.2. The molecular formula is C16H23N3O. The third-order valence-electron chi connectivity index (χ3n) is 3.70. The van der Waals surface area contributed by atoms with E-state index in [2.05, 4.69) is 46.9 Å². The molecule has 2 amide bonds. The summed E-state index contributed by atoms with van der Waals surface area (Å²) in [6, 6.07) is 8.27. The molecule has 1 heterocycles. The Balaban J connectivity index is 2.09. The predicted octanol–water partition coefficient (Wildman–Crippen LogP) is 3.37. The number of hydrogen-bond acceptors (Lipinski definition) is 1. The first-order valence-electron chi connectivity index (χ1n) is 7.27. The average Bonchev–Trinajstić information content (AvgIpc) is 2.90. The van der Waals surface area contributed by atoms with Crippen LogP contribution in [-0.2, 0) is 0 Å². The van der Waals surface area contributed by atoms with E-state index in [0.29, 0.717) is 12.5 Å². The number of nitrogens with one attached hydrogen (secondary N) is 3. The molecule has 0 spiro atoms. The number of para-hydroxylation sites is 1. The maximum absolute atomic E-state index is 11.2. The molecule has 0 aliphatic rings. The summed E-state index contributed by atoms with van der Waals surface area (Å²) in [6.07, 6.45) is 5.36. The molecule has 0 aliphatic carbocycles. The lowest BCUT2D eigenvalue weighted by molar-refractivity contribution is 0.242. The van der Waals surface area contributed by atoms with E-state index in [1.807, 2.05) is 6.07 Å². The zero-order chi connectivity index (χ0) is 14.4. The van der Waals surface area contributed by atoms with Crippen molar-refractivity contribution in [2.75, 3.05) is 13.6 Å². The van der Waals surface area contributed by atoms with Gasteiger partial charge in [-0.3, -0.25) is 0 Å². The fraction of sp³-hybridized carbons (Fsp3) is 0.438. The Hall–Kier alpha value is -1.97. The van der Waals surface area contributed by atoms with Crippen LogP contribution >= 0.6 is 0 Å². The van der Waals surface area contributed by atoms with Crippen LogP contribution in [0.2, 0.25) is 0 Å². The van der Waals surface area contributed by atoms with E-state index < -0.39 is 0 Å². The van der Waals surface area contributed by atoms with Crippen molar-refractivity contribution in [2.24, 2.45) is 0 Å². The maximum atomic E-state index is 11.2. The van der Waals surface area contributed by atoms with Crippen LogP contribution in [0, 0.1) is 0 Å². The van der Waals surface area contributed by atoms with Gasteiger partial charge in [0.1, 0.15) is 0 Å². The molecule has 4 nitrogen and oxygen atoms in total. The average molecular weight is 273 g/mol. The SMILES string of the molecule is CCCC(CCNC(=O)NC)c1c[nH]c2ccccc12. The first-order valence-corrected chi connectivity index (χ1v) is 7.27. The number of aromatic nitrogens is 1. The zero-order valence-corrected chi connectivity index (χ0v) is 12.2. The van der Waals surface area contributed by atoms with Gasteiger partial charge in [-0.1, -0.05) is 31.5 Å². The molecule has 108 valence electrons. The van der Waals surface area contributed by atoms with Gasteiger partial charge in [-0.25, -0.2) is 4.79 Å². The molecule has 1 aromatic carbocycles. The van der Waals surface area contributed by atoms with Crippen molar-refractivity contribution in [1.82, 2.24) is 15.6 Å². The Morgan fingerprint density at radius 2 is 2.10 bits per heavy atom. The number of fused-ring (bicyclic) bond motifs is 1. The molecule has 3 N–H and O–H groups in total. The standard InChI is InChI=1S/C16H23N3O/c1-3-6-12(9-10-18-16(20)17-2)14-11-19-15-8-5-4-7-13(14)15/h4-5,7-8,11-12,19H,3,6,9-10H2,1-2H3,(H2,17,18,20). The minimum atomic E-state index is -0.112. The second kappa shape index (κ2) is 6.98. The van der Waals surface area contributed by atoms with Crippen molar-refractivity contribution in [3.8, 4) is 0 Å². The van der Waals surface area contributed by atoms with Crippen LogP contribution in [0.3, 0.4) is 0 Å². The summed E-state index contributed by atoms with van der Waals surface area (Å²) in [7, 11) is 1.64. The van der Waals surface area contributed by atoms with Crippen molar-refractivity contribution in [3.05, 3.63) is 36.0 Å². The van der Waals surface area contributed by atoms with Crippen molar-refractivity contribution in [2.45, 2.75) is 32.1 Å². The van der Waals surface area contributed by atoms with Gasteiger partial charge in [-0.2, -0.15) is 0 Å². The molecule has 0 bridgehead atoms. The summed E-state index contributed by atoms with van der Waals surface area (Å²) >= 11 is 0. The van der Waals surface area contributed by atoms with Gasteiger partial charge >= 0.3 is 6.03 Å². The van der Waals surface area contributed by atoms with Crippen molar-refractivity contribution < 1.29 is 4.79 Å². The minimum Gasteiger partial charge on any atom is -0.361 e. The van der Waals surface area contributed by atoms with Gasteiger partial charge < -0.3 is 15.6 Å². The fourth-order valence-electron chi connectivity index (χ4n) is 2.68. The summed E-state index contributed by atoms with van der Waals surface area (Å²) in [4.78, 5) is 14.6. The van der Waals surface area contributed by atoms with Crippen LogP contribution in [0.4, 0.5) is 4.79 Å². The number of H-pyrrole nitrogens is 1. The molecule has 2 aromatic rings. The Morgan fingerprint density at radius 3 is 2.85 bits per heavy atom. The summed E-state index contributed by atoms with van der Waals surface area (Å²) in [5.74, 6) is 0.480. The van der Waals surface area contributed by atoms with Crippen molar-refractivity contribution >= 4 is 16.9 Å². The minimum absolute atomic E-state index is 0.112. The molecule has 4 heteroatoms. The third-order valence-corrected chi connectivity index (χ3v) is 3.70. The number of rotatable bonds is 6. The lowest BCUT2D eigenvalue weighted by Gasteiger charge is -2.16. The highest BCUT2D eigenvalue weighted by molar-refractivity contribution is 5.83. The maximum Gasteiger partial charge on any atom is 0.314 e. The van der Waals surface area contributed by atoms with E-state index >= 15 is 0 Å². The highest BCUT2D eigenvalue weighted by Crippen LogP contribution is 2.30. The highest BCUT2D eigenvalue weighted by Gasteiger charge is 2.15. The number of amides is 2. The molecule has 0 radical (unpaired) electrons. The van der Waals surface area contributed by atoms with Crippen LogP contribution in [-0.4, -0.2) is 24.6 Å². The number of aromatic amines is 1. The van der Waals surface area contributed by atoms with Crippen LogP contribution in [0.15, 0.2) is 30.5 Å². The van der Waals surface area contributed by atoms with E-state index in [1.54, 1.807) is 7.05 Å². The molecule has 0 fully saturated rings. The van der Waals surface area contributed by atoms with Gasteiger partial charge in [-0.15, -0.1) is 0 Å². The number of carbonyl (C=O) groups is 1. The summed E-state index contributed by atoms with van der Waals surface area (Å²) in [5.41, 5.74) is 2.55. The Morgan fingerprint density at radius 1 is 1.30 bits per heavy atom. The topological polar surface area (TPSA) is 56.9 Å². The fourth-order valence-corrected chi connectivity index (χ4v) is 2.68. The van der Waals surface area contributed by atoms with Crippen LogP contribution in [0.25, 0.3) is 10.9 Å². The summed E-state index contributed by atoms with van der Waals surface area (Å²) in [5, 5.41) is 6.75. The summed E-state index contributed by atoms with van der Waals surface area (Å²) < 4.78 is 0. The zero-order valence-electron chi connectivity index (χ0n) is 12.2. The van der Waals surface area contributed by atoms with Crippen molar-refractivity contribution in [1.29, 1.82) is 0 Å². The van der Waals surface area contributed by atoms with Gasteiger partial charge in [0.05, 0.1) is 0 Å². The molecule has 1 aromatic heterocycles. The normalized spacial score (nSPS) is 12.3. The van der Waals surface area contributed by atoms with E-state index in [-0.39, 0.29) is 6.03 Å². The van der Waals surface area contributed by atoms with E-state index in [0.717, 1.165) is 19.3 Å². The molecule has 2 rings (SSSR count). The first-order chi connectivity index (χ1) is 9.76. The second-order valence-electron chi connectivity index (χ2n) is 5.07. The van der Waals surface area contributed by atoms with Crippen LogP contribution < -0.4 is 10.6 Å². The van der Waals surface area contributed by atoms with Gasteiger partial charge in [0.2, 0.25) is 0 Å². The third kappa shape index (κ3) is 3.32. The Kier molecular flexibility index (Phi) is 5.04. The molecular weight excluding hydrogens is 250 g/mol. The Labute approximate surface area is 120 Å². The number of urea groups is 1. The molecule has 0 aliphatic heterocycles. The molecule has 20 heavy (non-hydrogen) atoms. The number of carbonyl (C=O) groups excluding carboxylic acids is 1. The van der Waals surface area contributed by atoms with E-state index in [9.17, 15) is 4.79 Å².